The number of anilines is 1. The molecule has 134 valence electrons. The maximum Gasteiger partial charge on any atom is 0.237 e. The molecule has 0 aliphatic heterocycles. The van der Waals surface area contributed by atoms with Crippen molar-refractivity contribution in [1.29, 1.82) is 0 Å². The largest absolute Gasteiger partial charge is 0.322 e. The van der Waals surface area contributed by atoms with Crippen LogP contribution in [0.2, 0.25) is 10.2 Å². The molecule has 0 fully saturated rings. The molecular weight excluding hydrogens is 393 g/mol. The van der Waals surface area contributed by atoms with Gasteiger partial charge in [-0.05, 0) is 43.3 Å². The van der Waals surface area contributed by atoms with Crippen LogP contribution in [-0.2, 0) is 11.8 Å². The molecular formula is C17H15Cl2N5OS. The van der Waals surface area contributed by atoms with Crippen LogP contribution in [0.3, 0.4) is 0 Å². The lowest BCUT2D eigenvalue weighted by atomic mass is 10.2. The molecule has 0 saturated carbocycles. The number of halogens is 2. The van der Waals surface area contributed by atoms with E-state index >= 15 is 0 Å². The van der Waals surface area contributed by atoms with Crippen LogP contribution < -0.4 is 5.32 Å². The fourth-order valence-corrected chi connectivity index (χ4v) is 3.30. The van der Waals surface area contributed by atoms with Gasteiger partial charge in [0.2, 0.25) is 5.91 Å². The number of amides is 1. The van der Waals surface area contributed by atoms with Crippen molar-refractivity contribution in [2.75, 3.05) is 5.32 Å². The van der Waals surface area contributed by atoms with Gasteiger partial charge in [-0.15, -0.1) is 10.2 Å². The van der Waals surface area contributed by atoms with Crippen molar-refractivity contribution < 1.29 is 4.79 Å². The number of hydrogen-bond donors (Lipinski definition) is 1. The predicted octanol–water partition coefficient (Wildman–Crippen LogP) is 4.30. The summed E-state index contributed by atoms with van der Waals surface area (Å²) < 4.78 is 1.84. The Kier molecular flexibility index (Phi) is 5.80. The summed E-state index contributed by atoms with van der Waals surface area (Å²) in [4.78, 5) is 16.3. The average Bonchev–Trinajstić information content (AvgIpc) is 2.98. The Morgan fingerprint density at radius 1 is 1.19 bits per heavy atom. The third-order valence-corrected chi connectivity index (χ3v) is 5.29. The molecule has 0 unspecified atom stereocenters. The number of nitrogens with one attached hydrogen (secondary N) is 1. The van der Waals surface area contributed by atoms with E-state index < -0.39 is 5.25 Å². The number of pyridine rings is 1. The molecule has 3 rings (SSSR count). The van der Waals surface area contributed by atoms with Crippen LogP contribution in [0.15, 0.2) is 47.8 Å². The van der Waals surface area contributed by atoms with Gasteiger partial charge < -0.3 is 9.88 Å². The van der Waals surface area contributed by atoms with E-state index in [2.05, 4.69) is 20.5 Å². The van der Waals surface area contributed by atoms with E-state index in [1.54, 1.807) is 37.4 Å². The molecule has 3 aromatic rings. The number of rotatable bonds is 5. The number of carbonyl (C=O) groups is 1. The second-order valence-electron chi connectivity index (χ2n) is 5.46. The van der Waals surface area contributed by atoms with Crippen molar-refractivity contribution in [2.24, 2.45) is 7.05 Å². The lowest BCUT2D eigenvalue weighted by molar-refractivity contribution is -0.115. The van der Waals surface area contributed by atoms with Gasteiger partial charge in [-0.25, -0.2) is 4.98 Å². The quantitative estimate of drug-likeness (QED) is 0.503. The van der Waals surface area contributed by atoms with Gasteiger partial charge in [-0.2, -0.15) is 0 Å². The third kappa shape index (κ3) is 4.17. The minimum absolute atomic E-state index is 0.194. The maximum atomic E-state index is 12.4. The van der Waals surface area contributed by atoms with Crippen molar-refractivity contribution in [2.45, 2.75) is 17.3 Å². The highest BCUT2D eigenvalue weighted by Crippen LogP contribution is 2.27. The molecule has 1 aromatic carbocycles. The summed E-state index contributed by atoms with van der Waals surface area (Å²) in [6, 6.07) is 10.8. The fourth-order valence-electron chi connectivity index (χ4n) is 2.19. The Hall–Kier alpha value is -2.09. The Morgan fingerprint density at radius 2 is 1.92 bits per heavy atom. The smallest absolute Gasteiger partial charge is 0.237 e. The summed E-state index contributed by atoms with van der Waals surface area (Å²) in [6.07, 6.45) is 1.56. The van der Waals surface area contributed by atoms with Crippen LogP contribution in [0.25, 0.3) is 11.4 Å². The van der Waals surface area contributed by atoms with E-state index in [4.69, 9.17) is 23.2 Å². The fraction of sp³-hybridized carbons (Fsp3) is 0.176. The van der Waals surface area contributed by atoms with E-state index in [9.17, 15) is 4.79 Å². The molecule has 0 spiro atoms. The molecule has 1 N–H and O–H groups in total. The summed E-state index contributed by atoms with van der Waals surface area (Å²) in [6.45, 7) is 1.79. The van der Waals surface area contributed by atoms with E-state index in [-0.39, 0.29) is 11.1 Å². The average molecular weight is 408 g/mol. The van der Waals surface area contributed by atoms with Gasteiger partial charge in [-0.1, -0.05) is 35.0 Å². The normalized spacial score (nSPS) is 12.0. The van der Waals surface area contributed by atoms with Crippen LogP contribution in [0.4, 0.5) is 5.69 Å². The first-order chi connectivity index (χ1) is 12.5. The summed E-state index contributed by atoms with van der Waals surface area (Å²) in [5.74, 6) is 0.507. The van der Waals surface area contributed by atoms with E-state index in [0.717, 1.165) is 5.56 Å². The first kappa shape index (κ1) is 18.7. The maximum absolute atomic E-state index is 12.4. The molecule has 1 atom stereocenters. The molecule has 2 heterocycles. The van der Waals surface area contributed by atoms with Crippen molar-refractivity contribution in [1.82, 2.24) is 19.7 Å². The van der Waals surface area contributed by atoms with Crippen molar-refractivity contribution in [3.8, 4) is 11.4 Å². The Labute approximate surface area is 164 Å². The molecule has 0 aliphatic rings. The van der Waals surface area contributed by atoms with E-state index in [1.807, 2.05) is 23.7 Å². The van der Waals surface area contributed by atoms with Crippen LogP contribution in [0.1, 0.15) is 6.92 Å². The standard InChI is InChI=1S/C17H15Cl2N5OS/c1-10(16(25)21-13-4-3-9-20-14(13)19)26-17-23-22-15(24(17)2)11-5-7-12(18)8-6-11/h3-10H,1-2H3,(H,21,25)/t10-/m0/s1. The zero-order valence-corrected chi connectivity index (χ0v) is 16.3. The summed E-state index contributed by atoms with van der Waals surface area (Å²) in [5, 5.41) is 12.3. The summed E-state index contributed by atoms with van der Waals surface area (Å²) >= 11 is 13.2. The highest BCUT2D eigenvalue weighted by molar-refractivity contribution is 8.00. The second-order valence-corrected chi connectivity index (χ2v) is 7.57. The first-order valence-electron chi connectivity index (χ1n) is 7.69. The highest BCUT2D eigenvalue weighted by atomic mass is 35.5. The van der Waals surface area contributed by atoms with Crippen molar-refractivity contribution in [3.05, 3.63) is 52.8 Å². The molecule has 0 aliphatic carbocycles. The molecule has 0 saturated heterocycles. The minimum Gasteiger partial charge on any atom is -0.322 e. The van der Waals surface area contributed by atoms with Gasteiger partial charge >= 0.3 is 0 Å². The Morgan fingerprint density at radius 3 is 2.62 bits per heavy atom. The number of hydrogen-bond acceptors (Lipinski definition) is 5. The lowest BCUT2D eigenvalue weighted by Crippen LogP contribution is -2.23. The second kappa shape index (κ2) is 8.07. The number of aromatic nitrogens is 4. The lowest BCUT2D eigenvalue weighted by Gasteiger charge is -2.12. The zero-order valence-electron chi connectivity index (χ0n) is 14.0. The topological polar surface area (TPSA) is 72.7 Å². The van der Waals surface area contributed by atoms with Gasteiger partial charge in [0.05, 0.1) is 10.9 Å². The zero-order chi connectivity index (χ0) is 18.7. The van der Waals surface area contributed by atoms with Crippen LogP contribution in [0, 0.1) is 0 Å². The van der Waals surface area contributed by atoms with E-state index in [0.29, 0.717) is 21.7 Å². The minimum atomic E-state index is -0.396. The van der Waals surface area contributed by atoms with Crippen molar-refractivity contribution in [3.63, 3.8) is 0 Å². The van der Waals surface area contributed by atoms with Crippen LogP contribution in [0.5, 0.6) is 0 Å². The molecule has 9 heteroatoms. The summed E-state index contributed by atoms with van der Waals surface area (Å²) in [5.41, 5.74) is 1.38. The molecule has 1 amide bonds. The Bertz CT molecular complexity index is 929. The predicted molar refractivity (Wildman–Crippen MR) is 105 cm³/mol. The van der Waals surface area contributed by atoms with Gasteiger partial charge in [-0.3, -0.25) is 4.79 Å². The Balaban J connectivity index is 1.71. The number of nitrogens with zero attached hydrogens (tertiary/aromatic N) is 4. The molecule has 0 bridgehead atoms. The van der Waals surface area contributed by atoms with Crippen LogP contribution in [-0.4, -0.2) is 30.9 Å². The SMILES string of the molecule is C[C@H](Sc1nnc(-c2ccc(Cl)cc2)n1C)C(=O)Nc1cccnc1Cl. The van der Waals surface area contributed by atoms with Crippen LogP contribution >= 0.6 is 35.0 Å². The monoisotopic (exact) mass is 407 g/mol. The third-order valence-electron chi connectivity index (χ3n) is 3.61. The highest BCUT2D eigenvalue weighted by Gasteiger charge is 2.20. The number of benzene rings is 1. The molecule has 0 radical (unpaired) electrons. The summed E-state index contributed by atoms with van der Waals surface area (Å²) in [7, 11) is 1.86. The van der Waals surface area contributed by atoms with Gasteiger partial charge in [0, 0.05) is 23.8 Å². The van der Waals surface area contributed by atoms with Gasteiger partial charge in [0.1, 0.15) is 0 Å². The number of carbonyl (C=O) groups excluding carboxylic acids is 1. The van der Waals surface area contributed by atoms with E-state index in [1.165, 1.54) is 11.8 Å². The van der Waals surface area contributed by atoms with Gasteiger partial charge in [0.25, 0.3) is 0 Å². The molecule has 6 nitrogen and oxygen atoms in total. The molecule has 26 heavy (non-hydrogen) atoms. The first-order valence-corrected chi connectivity index (χ1v) is 9.32. The molecule has 2 aromatic heterocycles. The van der Waals surface area contributed by atoms with Gasteiger partial charge in [0.15, 0.2) is 16.1 Å². The van der Waals surface area contributed by atoms with Crippen molar-refractivity contribution >= 4 is 46.6 Å². The number of thioether (sulfide) groups is 1.